The van der Waals surface area contributed by atoms with Crippen molar-refractivity contribution in [3.05, 3.63) is 41.0 Å². The summed E-state index contributed by atoms with van der Waals surface area (Å²) in [6, 6.07) is 0. The number of aromatic nitrogens is 4. The lowest BCUT2D eigenvalue weighted by Gasteiger charge is -2.15. The molecule has 2 heterocycles. The van der Waals surface area contributed by atoms with Crippen molar-refractivity contribution in [2.24, 2.45) is 5.92 Å². The van der Waals surface area contributed by atoms with Crippen molar-refractivity contribution < 1.29 is 9.53 Å². The molecule has 1 aliphatic rings. The first-order valence-corrected chi connectivity index (χ1v) is 7.26. The predicted octanol–water partition coefficient (Wildman–Crippen LogP) is 2.48. The average molecular weight is 298 g/mol. The summed E-state index contributed by atoms with van der Waals surface area (Å²) in [6.07, 6.45) is 6.45. The zero-order valence-electron chi connectivity index (χ0n) is 13.1. The quantitative estimate of drug-likeness (QED) is 0.797. The summed E-state index contributed by atoms with van der Waals surface area (Å²) in [7, 11) is 0. The molecule has 0 fully saturated rings. The molecule has 1 atom stereocenters. The molecule has 1 unspecified atom stereocenters. The lowest BCUT2D eigenvalue weighted by molar-refractivity contribution is -0.130. The second kappa shape index (κ2) is 5.36. The first kappa shape index (κ1) is 14.4. The summed E-state index contributed by atoms with van der Waals surface area (Å²) >= 11 is 0. The topological polar surface area (TPSA) is 69.4 Å². The third-order valence-corrected chi connectivity index (χ3v) is 3.67. The molecule has 0 amide bonds. The number of fused-ring (bicyclic) bond motifs is 1. The number of nitrogens with zero attached hydrogens (tertiary/aromatic N) is 4. The highest BCUT2D eigenvalue weighted by Crippen LogP contribution is 2.25. The van der Waals surface area contributed by atoms with Crippen molar-refractivity contribution in [1.29, 1.82) is 0 Å². The number of rotatable bonds is 2. The van der Waals surface area contributed by atoms with Crippen molar-refractivity contribution in [2.75, 3.05) is 0 Å². The van der Waals surface area contributed by atoms with Crippen molar-refractivity contribution >= 4 is 11.7 Å². The summed E-state index contributed by atoms with van der Waals surface area (Å²) < 4.78 is 7.19. The largest absolute Gasteiger partial charge is 0.419 e. The third-order valence-electron chi connectivity index (χ3n) is 3.67. The zero-order chi connectivity index (χ0) is 15.9. The van der Waals surface area contributed by atoms with E-state index < -0.39 is 0 Å². The van der Waals surface area contributed by atoms with E-state index in [1.54, 1.807) is 24.4 Å². The fourth-order valence-electron chi connectivity index (χ4n) is 2.56. The van der Waals surface area contributed by atoms with Crippen LogP contribution in [0.3, 0.4) is 0 Å². The molecular formula is C16H18N4O2. The van der Waals surface area contributed by atoms with Crippen LogP contribution >= 0.6 is 0 Å². The van der Waals surface area contributed by atoms with E-state index in [1.165, 1.54) is 0 Å². The van der Waals surface area contributed by atoms with Crippen molar-refractivity contribution in [3.8, 4) is 5.75 Å². The van der Waals surface area contributed by atoms with E-state index in [4.69, 9.17) is 4.74 Å². The molecule has 0 spiro atoms. The second-order valence-corrected chi connectivity index (χ2v) is 5.63. The Balaban J connectivity index is 1.95. The van der Waals surface area contributed by atoms with Gasteiger partial charge in [-0.2, -0.15) is 9.50 Å². The van der Waals surface area contributed by atoms with Gasteiger partial charge in [-0.25, -0.2) is 9.78 Å². The minimum absolute atomic E-state index is 0.333. The van der Waals surface area contributed by atoms with Gasteiger partial charge in [-0.1, -0.05) is 25.2 Å². The van der Waals surface area contributed by atoms with Gasteiger partial charge in [0.15, 0.2) is 5.75 Å². The molecule has 0 bridgehead atoms. The molecule has 3 rings (SSSR count). The number of hydrogen-bond acceptors (Lipinski definition) is 5. The molecule has 1 aliphatic carbocycles. The summed E-state index contributed by atoms with van der Waals surface area (Å²) in [4.78, 5) is 20.9. The Morgan fingerprint density at radius 3 is 2.82 bits per heavy atom. The van der Waals surface area contributed by atoms with Crippen molar-refractivity contribution in [3.63, 3.8) is 0 Å². The second-order valence-electron chi connectivity index (χ2n) is 5.63. The Kier molecular flexibility index (Phi) is 3.52. The molecule has 114 valence electrons. The lowest BCUT2D eigenvalue weighted by Crippen LogP contribution is -2.17. The molecule has 0 aromatic carbocycles. The molecule has 2 aromatic heterocycles. The molecular weight excluding hydrogens is 280 g/mol. The van der Waals surface area contributed by atoms with Gasteiger partial charge in [-0.05, 0) is 33.1 Å². The monoisotopic (exact) mass is 298 g/mol. The van der Waals surface area contributed by atoms with Gasteiger partial charge in [-0.3, -0.25) is 0 Å². The fraction of sp³-hybridized carbons (Fsp3) is 0.375. The van der Waals surface area contributed by atoms with Crippen LogP contribution in [0.25, 0.3) is 5.78 Å². The molecule has 0 N–H and O–H groups in total. The minimum atomic E-state index is -0.333. The maximum absolute atomic E-state index is 12.4. The van der Waals surface area contributed by atoms with E-state index in [9.17, 15) is 4.79 Å². The molecule has 2 aromatic rings. The Labute approximate surface area is 128 Å². The standard InChI is InChI=1S/C16H18N4O2/c1-9-6-5-7-13(8-9)15(21)22-14-10(2)17-16-18-12(4)19-20(16)11(14)3/h5-7,9H,8H2,1-4H3. The first-order chi connectivity index (χ1) is 10.5. The van der Waals surface area contributed by atoms with Crippen LogP contribution in [-0.4, -0.2) is 25.6 Å². The molecule has 6 heteroatoms. The lowest BCUT2D eigenvalue weighted by atomic mass is 9.96. The van der Waals surface area contributed by atoms with E-state index >= 15 is 0 Å². The summed E-state index contributed by atoms with van der Waals surface area (Å²) in [6.45, 7) is 7.52. The van der Waals surface area contributed by atoms with Gasteiger partial charge in [-0.15, -0.1) is 5.10 Å². The molecule has 22 heavy (non-hydrogen) atoms. The zero-order valence-corrected chi connectivity index (χ0v) is 13.1. The van der Waals surface area contributed by atoms with E-state index in [1.807, 2.05) is 13.0 Å². The van der Waals surface area contributed by atoms with Gasteiger partial charge in [0.25, 0.3) is 5.78 Å². The molecule has 0 saturated heterocycles. The number of allylic oxidation sites excluding steroid dienone is 3. The highest BCUT2D eigenvalue weighted by atomic mass is 16.5. The highest BCUT2D eigenvalue weighted by Gasteiger charge is 2.20. The van der Waals surface area contributed by atoms with Gasteiger partial charge in [0.05, 0.1) is 11.4 Å². The number of ether oxygens (including phenoxy) is 1. The first-order valence-electron chi connectivity index (χ1n) is 7.26. The van der Waals surface area contributed by atoms with Crippen LogP contribution < -0.4 is 4.74 Å². The Morgan fingerprint density at radius 2 is 2.09 bits per heavy atom. The van der Waals surface area contributed by atoms with Crippen LogP contribution in [0.2, 0.25) is 0 Å². The maximum atomic E-state index is 12.4. The molecule has 0 radical (unpaired) electrons. The normalized spacial score (nSPS) is 17.6. The number of esters is 1. The van der Waals surface area contributed by atoms with Crippen LogP contribution in [0.1, 0.15) is 30.6 Å². The van der Waals surface area contributed by atoms with Crippen LogP contribution in [0.4, 0.5) is 0 Å². The van der Waals surface area contributed by atoms with Gasteiger partial charge in [0.1, 0.15) is 5.82 Å². The Bertz CT molecular complexity index is 817. The van der Waals surface area contributed by atoms with E-state index in [0.717, 1.165) is 5.69 Å². The van der Waals surface area contributed by atoms with Crippen LogP contribution in [0, 0.1) is 26.7 Å². The molecule has 6 nitrogen and oxygen atoms in total. The number of carbonyl (C=O) groups excluding carboxylic acids is 1. The minimum Gasteiger partial charge on any atom is -0.419 e. The third kappa shape index (κ3) is 2.52. The maximum Gasteiger partial charge on any atom is 0.339 e. The summed E-state index contributed by atoms with van der Waals surface area (Å²) in [5.74, 6) is 1.60. The van der Waals surface area contributed by atoms with Gasteiger partial charge in [0, 0.05) is 5.57 Å². The van der Waals surface area contributed by atoms with Gasteiger partial charge >= 0.3 is 5.97 Å². The van der Waals surface area contributed by atoms with Crippen LogP contribution in [0.15, 0.2) is 23.8 Å². The molecule has 0 aliphatic heterocycles. The van der Waals surface area contributed by atoms with E-state index in [0.29, 0.717) is 41.0 Å². The van der Waals surface area contributed by atoms with E-state index in [-0.39, 0.29) is 5.97 Å². The number of aryl methyl sites for hydroxylation is 3. The van der Waals surface area contributed by atoms with Crippen LogP contribution in [-0.2, 0) is 4.79 Å². The summed E-state index contributed by atoms with van der Waals surface area (Å²) in [5.41, 5.74) is 2.02. The fourth-order valence-corrected chi connectivity index (χ4v) is 2.56. The van der Waals surface area contributed by atoms with Crippen LogP contribution in [0.5, 0.6) is 5.75 Å². The smallest absolute Gasteiger partial charge is 0.339 e. The molecule has 0 saturated carbocycles. The Morgan fingerprint density at radius 1 is 1.32 bits per heavy atom. The van der Waals surface area contributed by atoms with Gasteiger partial charge < -0.3 is 4.74 Å². The van der Waals surface area contributed by atoms with E-state index in [2.05, 4.69) is 28.1 Å². The predicted molar refractivity (Wildman–Crippen MR) is 81.6 cm³/mol. The SMILES string of the molecule is Cc1nc2nc(C)c(OC(=O)C3=CC=CC(C)C3)c(C)n2n1. The van der Waals surface area contributed by atoms with Crippen molar-refractivity contribution in [1.82, 2.24) is 19.6 Å². The average Bonchev–Trinajstić information content (AvgIpc) is 2.84. The summed E-state index contributed by atoms with van der Waals surface area (Å²) in [5, 5.41) is 4.27. The van der Waals surface area contributed by atoms with Crippen molar-refractivity contribution in [2.45, 2.75) is 34.1 Å². The number of carbonyl (C=O) groups is 1. The Hall–Kier alpha value is -2.50. The number of hydrogen-bond donors (Lipinski definition) is 0. The highest BCUT2D eigenvalue weighted by molar-refractivity contribution is 5.91. The van der Waals surface area contributed by atoms with Gasteiger partial charge in [0.2, 0.25) is 0 Å².